The van der Waals surface area contributed by atoms with E-state index in [-0.39, 0.29) is 0 Å². The number of hydrogen-bond donors (Lipinski definition) is 1. The van der Waals surface area contributed by atoms with Gasteiger partial charge in [0, 0.05) is 40.5 Å². The summed E-state index contributed by atoms with van der Waals surface area (Å²) in [6.07, 6.45) is 3.04. The Morgan fingerprint density at radius 1 is 0.545 bits per heavy atom. The number of para-hydroxylation sites is 1. The number of aromatic nitrogens is 1. The molecule has 44 heavy (non-hydrogen) atoms. The summed E-state index contributed by atoms with van der Waals surface area (Å²) in [6, 6.07) is 51.0. The fourth-order valence-electron chi connectivity index (χ4n) is 7.33. The average Bonchev–Trinajstić information content (AvgIpc) is 3.10. The van der Waals surface area contributed by atoms with Gasteiger partial charge in [0.05, 0.1) is 5.52 Å². The average molecular weight is 563 g/mol. The van der Waals surface area contributed by atoms with Gasteiger partial charge in [-0.3, -0.25) is 4.98 Å². The van der Waals surface area contributed by atoms with Crippen LogP contribution in [0.25, 0.3) is 65.5 Å². The Hall–Kier alpha value is -5.47. The summed E-state index contributed by atoms with van der Waals surface area (Å²) in [5.41, 5.74) is 10.2. The Kier molecular flexibility index (Phi) is 5.74. The Morgan fingerprint density at radius 2 is 1.27 bits per heavy atom. The third-order valence-corrected chi connectivity index (χ3v) is 9.48. The molecule has 0 bridgehead atoms. The molecule has 9 rings (SSSR count). The summed E-state index contributed by atoms with van der Waals surface area (Å²) in [6.45, 7) is 0.914. The lowest BCUT2D eigenvalue weighted by atomic mass is 9.82. The number of anilines is 1. The van der Waals surface area contributed by atoms with Gasteiger partial charge in [-0.2, -0.15) is 0 Å². The molecule has 1 atom stereocenters. The fraction of sp³-hybridized carbons (Fsp3) is 0.0714. The highest BCUT2D eigenvalue weighted by atomic mass is 14.9. The smallest absolute Gasteiger partial charge is 0.0708 e. The number of fused-ring (bicyclic) bond motifs is 7. The van der Waals surface area contributed by atoms with Crippen LogP contribution in [0.5, 0.6) is 0 Å². The minimum atomic E-state index is 0.356. The lowest BCUT2D eigenvalue weighted by Crippen LogP contribution is -2.22. The monoisotopic (exact) mass is 562 g/mol. The zero-order valence-corrected chi connectivity index (χ0v) is 24.3. The van der Waals surface area contributed by atoms with E-state index in [0.717, 1.165) is 18.5 Å². The van der Waals surface area contributed by atoms with Gasteiger partial charge in [-0.05, 0) is 91.7 Å². The highest BCUT2D eigenvalue weighted by Crippen LogP contribution is 2.42. The summed E-state index contributed by atoms with van der Waals surface area (Å²) in [7, 11) is 0. The summed E-state index contributed by atoms with van der Waals surface area (Å²) >= 11 is 0. The van der Waals surface area contributed by atoms with E-state index in [1.165, 1.54) is 76.8 Å². The van der Waals surface area contributed by atoms with Gasteiger partial charge < -0.3 is 5.32 Å². The molecule has 1 aliphatic rings. The van der Waals surface area contributed by atoms with Crippen molar-refractivity contribution in [2.24, 2.45) is 0 Å². The van der Waals surface area contributed by atoms with Crippen molar-refractivity contribution >= 4 is 48.9 Å². The number of nitrogens with one attached hydrogen (secondary N) is 1. The molecule has 0 fully saturated rings. The van der Waals surface area contributed by atoms with Crippen LogP contribution in [0.2, 0.25) is 0 Å². The van der Waals surface area contributed by atoms with Gasteiger partial charge in [-0.25, -0.2) is 0 Å². The molecule has 1 aliphatic heterocycles. The van der Waals surface area contributed by atoms with E-state index < -0.39 is 0 Å². The van der Waals surface area contributed by atoms with E-state index in [4.69, 9.17) is 4.98 Å². The maximum atomic E-state index is 4.83. The number of benzene rings is 7. The molecule has 8 aromatic rings. The van der Waals surface area contributed by atoms with Crippen LogP contribution < -0.4 is 5.32 Å². The van der Waals surface area contributed by atoms with Crippen LogP contribution in [-0.4, -0.2) is 11.5 Å². The second-order valence-corrected chi connectivity index (χ2v) is 12.0. The molecule has 7 aromatic carbocycles. The molecule has 208 valence electrons. The first-order chi connectivity index (χ1) is 21.8. The van der Waals surface area contributed by atoms with Gasteiger partial charge in [0.15, 0.2) is 0 Å². The third kappa shape index (κ3) is 4.06. The molecular formula is C42H30N2. The van der Waals surface area contributed by atoms with Crippen molar-refractivity contribution in [3.8, 4) is 22.3 Å². The standard InChI is InChI=1S/C42H30N2/c1-2-10-28-21-29(18-17-27(28)9-1)30-19-20-40-31(22-30)23-32(25-43-40)34-11-3-4-12-35(34)39-24-33-26-44-41-16-8-7-15-38(41)42(33)37-14-6-5-13-36(37)39/h1-22,24,26,32,43H,23,25H2. The largest absolute Gasteiger partial charge is 0.384 e. The summed E-state index contributed by atoms with van der Waals surface area (Å²) in [5, 5.41) is 12.6. The van der Waals surface area contributed by atoms with Crippen molar-refractivity contribution in [1.82, 2.24) is 4.98 Å². The number of nitrogens with zero attached hydrogens (tertiary/aromatic N) is 1. The van der Waals surface area contributed by atoms with Gasteiger partial charge >= 0.3 is 0 Å². The molecule has 1 aromatic heterocycles. The normalized spacial score (nSPS) is 14.6. The Bertz CT molecular complexity index is 2390. The Balaban J connectivity index is 1.15. The van der Waals surface area contributed by atoms with Crippen LogP contribution in [0.3, 0.4) is 0 Å². The highest BCUT2D eigenvalue weighted by molar-refractivity contribution is 6.22. The van der Waals surface area contributed by atoms with Gasteiger partial charge in [-0.1, -0.05) is 109 Å². The van der Waals surface area contributed by atoms with E-state index in [2.05, 4.69) is 145 Å². The van der Waals surface area contributed by atoms with Crippen LogP contribution in [0, 0.1) is 0 Å². The number of rotatable bonds is 3. The van der Waals surface area contributed by atoms with Crippen molar-refractivity contribution in [3.05, 3.63) is 157 Å². The molecule has 2 heteroatoms. The van der Waals surface area contributed by atoms with Crippen molar-refractivity contribution in [3.63, 3.8) is 0 Å². The first kappa shape index (κ1) is 25.1. The van der Waals surface area contributed by atoms with Gasteiger partial charge in [0.2, 0.25) is 0 Å². The molecule has 0 amide bonds. The highest BCUT2D eigenvalue weighted by Gasteiger charge is 2.24. The Morgan fingerprint density at radius 3 is 2.20 bits per heavy atom. The van der Waals surface area contributed by atoms with Gasteiger partial charge in [0.1, 0.15) is 0 Å². The first-order valence-corrected chi connectivity index (χ1v) is 15.4. The summed E-state index contributed by atoms with van der Waals surface area (Å²) < 4.78 is 0. The SMILES string of the molecule is c1ccc(C2CNc3ccc(-c4ccc5ccccc5c4)cc3C2)c(-c2cc3cnc4ccccc4c3c3ccccc23)c1. The summed E-state index contributed by atoms with van der Waals surface area (Å²) in [4.78, 5) is 4.83. The third-order valence-electron chi connectivity index (χ3n) is 9.48. The van der Waals surface area contributed by atoms with E-state index >= 15 is 0 Å². The summed E-state index contributed by atoms with van der Waals surface area (Å²) in [5.74, 6) is 0.356. The molecule has 2 nitrogen and oxygen atoms in total. The molecule has 1 N–H and O–H groups in total. The molecule has 2 heterocycles. The second kappa shape index (κ2) is 10.1. The van der Waals surface area contributed by atoms with Crippen LogP contribution in [-0.2, 0) is 6.42 Å². The maximum Gasteiger partial charge on any atom is 0.0708 e. The molecule has 0 spiro atoms. The van der Waals surface area contributed by atoms with Crippen molar-refractivity contribution in [2.75, 3.05) is 11.9 Å². The molecule has 0 saturated carbocycles. The van der Waals surface area contributed by atoms with Gasteiger partial charge in [0.25, 0.3) is 0 Å². The van der Waals surface area contributed by atoms with E-state index in [9.17, 15) is 0 Å². The molecule has 1 unspecified atom stereocenters. The molecule has 0 radical (unpaired) electrons. The second-order valence-electron chi connectivity index (χ2n) is 12.0. The van der Waals surface area contributed by atoms with Crippen LogP contribution in [0.15, 0.2) is 146 Å². The number of hydrogen-bond acceptors (Lipinski definition) is 2. The Labute approximate surface area is 256 Å². The van der Waals surface area contributed by atoms with Crippen LogP contribution in [0.4, 0.5) is 5.69 Å². The zero-order chi connectivity index (χ0) is 29.0. The predicted molar refractivity (Wildman–Crippen MR) is 187 cm³/mol. The number of pyridine rings is 1. The lowest BCUT2D eigenvalue weighted by molar-refractivity contribution is 0.697. The minimum absolute atomic E-state index is 0.356. The molecule has 0 aliphatic carbocycles. The van der Waals surface area contributed by atoms with Crippen molar-refractivity contribution in [1.29, 1.82) is 0 Å². The zero-order valence-electron chi connectivity index (χ0n) is 24.3. The van der Waals surface area contributed by atoms with E-state index in [0.29, 0.717) is 5.92 Å². The van der Waals surface area contributed by atoms with Crippen molar-refractivity contribution in [2.45, 2.75) is 12.3 Å². The van der Waals surface area contributed by atoms with E-state index in [1.54, 1.807) is 0 Å². The first-order valence-electron chi connectivity index (χ1n) is 15.4. The molecule has 0 saturated heterocycles. The van der Waals surface area contributed by atoms with E-state index in [1.807, 2.05) is 6.20 Å². The quantitative estimate of drug-likeness (QED) is 0.217. The lowest BCUT2D eigenvalue weighted by Gasteiger charge is -2.29. The molecular weight excluding hydrogens is 532 g/mol. The van der Waals surface area contributed by atoms with Crippen molar-refractivity contribution < 1.29 is 0 Å². The van der Waals surface area contributed by atoms with Crippen LogP contribution in [0.1, 0.15) is 17.0 Å². The predicted octanol–water partition coefficient (Wildman–Crippen LogP) is 10.8. The maximum absolute atomic E-state index is 4.83. The van der Waals surface area contributed by atoms with Crippen LogP contribution >= 0.6 is 0 Å². The fourth-order valence-corrected chi connectivity index (χ4v) is 7.33. The topological polar surface area (TPSA) is 24.9 Å². The van der Waals surface area contributed by atoms with Gasteiger partial charge in [-0.15, -0.1) is 0 Å². The minimum Gasteiger partial charge on any atom is -0.384 e.